The van der Waals surface area contributed by atoms with E-state index in [1.165, 1.54) is 29.8 Å². The van der Waals surface area contributed by atoms with E-state index < -0.39 is 29.6 Å². The van der Waals surface area contributed by atoms with Crippen molar-refractivity contribution in [3.05, 3.63) is 111 Å². The van der Waals surface area contributed by atoms with E-state index in [9.17, 15) is 19.4 Å². The first-order valence-electron chi connectivity index (χ1n) is 21.9. The molecule has 1 saturated carbocycles. The maximum atomic E-state index is 14.4. The van der Waals surface area contributed by atoms with Crippen LogP contribution in [0.5, 0.6) is 23.1 Å². The van der Waals surface area contributed by atoms with Crippen molar-refractivity contribution in [1.29, 1.82) is 0 Å². The van der Waals surface area contributed by atoms with Gasteiger partial charge in [0.1, 0.15) is 53.4 Å². The lowest BCUT2D eigenvalue weighted by atomic mass is 9.82. The van der Waals surface area contributed by atoms with E-state index in [1.54, 1.807) is 30.3 Å². The van der Waals surface area contributed by atoms with Gasteiger partial charge in [-0.15, -0.1) is 11.3 Å². The molecule has 65 heavy (non-hydrogen) atoms. The second-order valence-corrected chi connectivity index (χ2v) is 19.0. The van der Waals surface area contributed by atoms with Crippen LogP contribution in [0.25, 0.3) is 31.8 Å². The summed E-state index contributed by atoms with van der Waals surface area (Å²) in [6.45, 7) is 7.92. The quantitative estimate of drug-likeness (QED) is 0.150. The summed E-state index contributed by atoms with van der Waals surface area (Å²) >= 11 is 16.0. The predicted molar refractivity (Wildman–Crippen MR) is 249 cm³/mol. The number of benzene rings is 3. The van der Waals surface area contributed by atoms with Crippen LogP contribution in [0.3, 0.4) is 0 Å². The zero-order valence-corrected chi connectivity index (χ0v) is 38.7. The van der Waals surface area contributed by atoms with Crippen LogP contribution in [-0.2, 0) is 23.4 Å². The van der Waals surface area contributed by atoms with E-state index in [4.69, 9.17) is 47.1 Å². The first-order chi connectivity index (χ1) is 31.3. The third-order valence-corrected chi connectivity index (χ3v) is 14.8. The molecule has 3 aromatic carbocycles. The Morgan fingerprint density at radius 3 is 2.42 bits per heavy atom. The number of fused-ring (bicyclic) bond motifs is 7. The van der Waals surface area contributed by atoms with Crippen molar-refractivity contribution >= 4 is 50.7 Å². The van der Waals surface area contributed by atoms with Crippen LogP contribution in [0.4, 0.5) is 4.39 Å². The molecule has 6 aromatic rings. The van der Waals surface area contributed by atoms with Gasteiger partial charge in [0.2, 0.25) is 12.0 Å². The molecule has 12 nitrogen and oxygen atoms in total. The van der Waals surface area contributed by atoms with E-state index in [2.05, 4.69) is 26.8 Å². The summed E-state index contributed by atoms with van der Waals surface area (Å²) in [7, 11) is 2.10. The molecule has 0 radical (unpaired) electrons. The Hall–Kier alpha value is -5.09. The minimum Gasteiger partial charge on any atom is -0.490 e. The van der Waals surface area contributed by atoms with Gasteiger partial charge < -0.3 is 34.1 Å². The molecular weight excluding hydrogens is 893 g/mol. The first kappa shape index (κ1) is 45.1. The number of hydrogen-bond donors (Lipinski definition) is 2. The van der Waals surface area contributed by atoms with Crippen molar-refractivity contribution in [1.82, 2.24) is 24.8 Å². The fraction of sp³-hybridized carbons (Fsp3) is 0.388. The van der Waals surface area contributed by atoms with Crippen molar-refractivity contribution in [2.75, 3.05) is 46.4 Å². The molecule has 0 unspecified atom stereocenters. The highest BCUT2D eigenvalue weighted by Crippen LogP contribution is 2.53. The van der Waals surface area contributed by atoms with Gasteiger partial charge in [-0.1, -0.05) is 60.7 Å². The molecule has 4 bridgehead atoms. The first-order valence-corrected chi connectivity index (χ1v) is 23.5. The molecule has 3 aliphatic heterocycles. The van der Waals surface area contributed by atoms with Gasteiger partial charge in [0.25, 0.3) is 0 Å². The number of likely N-dealkylation sites (N-methyl/N-ethyl adjacent to an activating group) is 1. The molecule has 2 N–H and O–H groups in total. The van der Waals surface area contributed by atoms with Crippen LogP contribution >= 0.6 is 34.5 Å². The summed E-state index contributed by atoms with van der Waals surface area (Å²) in [4.78, 5) is 33.1. The summed E-state index contributed by atoms with van der Waals surface area (Å²) in [5, 5.41) is 23.3. The van der Waals surface area contributed by atoms with E-state index in [1.807, 2.05) is 32.0 Å². The fourth-order valence-electron chi connectivity index (χ4n) is 9.08. The van der Waals surface area contributed by atoms with Gasteiger partial charge in [0.15, 0.2) is 5.75 Å². The largest absolute Gasteiger partial charge is 0.490 e. The second-order valence-electron chi connectivity index (χ2n) is 17.2. The number of rotatable bonds is 8. The van der Waals surface area contributed by atoms with Crippen molar-refractivity contribution in [3.63, 3.8) is 0 Å². The van der Waals surface area contributed by atoms with Gasteiger partial charge in [0.05, 0.1) is 26.8 Å². The van der Waals surface area contributed by atoms with Gasteiger partial charge in [-0.3, -0.25) is 9.88 Å². The number of ether oxygens (including phenoxy) is 4. The number of aromatic nitrogens is 3. The Balaban J connectivity index is 1.16. The number of hydrogen-bond acceptors (Lipinski definition) is 12. The number of halogens is 3. The molecule has 6 heterocycles. The SMILES string of the molecule is Cc1c(Cl)c2c(Cl)c(C)c1-c1c(-c3ccc(F)cc3)sc3ncnc(c13)O[C@@H](C(=O)O)Cc1cc(ccc1OCc1cccc(C3(O)CCCCC3)n1)OC[C@@H](CN1CCN(C)CC1)O2. The van der Waals surface area contributed by atoms with Crippen LogP contribution < -0.4 is 18.9 Å². The van der Waals surface area contributed by atoms with Crippen LogP contribution in [0.2, 0.25) is 10.0 Å². The lowest BCUT2D eigenvalue weighted by Crippen LogP contribution is -2.49. The lowest BCUT2D eigenvalue weighted by Gasteiger charge is -2.35. The highest BCUT2D eigenvalue weighted by molar-refractivity contribution is 7.22. The molecule has 1 aliphatic carbocycles. The lowest BCUT2D eigenvalue weighted by molar-refractivity contribution is -0.145. The number of aliphatic carboxylic acids is 1. The van der Waals surface area contributed by atoms with Crippen molar-refractivity contribution in [3.8, 4) is 44.7 Å². The highest BCUT2D eigenvalue weighted by atomic mass is 35.5. The smallest absolute Gasteiger partial charge is 0.345 e. The molecule has 2 fully saturated rings. The maximum Gasteiger partial charge on any atom is 0.345 e. The van der Waals surface area contributed by atoms with Gasteiger partial charge in [-0.05, 0) is 98.5 Å². The summed E-state index contributed by atoms with van der Waals surface area (Å²) in [5.41, 5.74) is 4.03. The molecule has 10 rings (SSSR count). The van der Waals surface area contributed by atoms with E-state index >= 15 is 0 Å². The van der Waals surface area contributed by atoms with Gasteiger partial charge in [-0.25, -0.2) is 19.2 Å². The number of aliphatic hydroxyl groups is 1. The monoisotopic (exact) mass is 941 g/mol. The predicted octanol–water partition coefficient (Wildman–Crippen LogP) is 9.68. The average Bonchev–Trinajstić information content (AvgIpc) is 3.69. The van der Waals surface area contributed by atoms with Crippen molar-refractivity contribution in [2.24, 2.45) is 0 Å². The van der Waals surface area contributed by atoms with Crippen molar-refractivity contribution < 1.29 is 38.3 Å². The highest BCUT2D eigenvalue weighted by Gasteiger charge is 2.34. The molecule has 0 amide bonds. The minimum absolute atomic E-state index is 0.0291. The number of piperazine rings is 1. The normalized spacial score (nSPS) is 19.2. The molecule has 16 heteroatoms. The van der Waals surface area contributed by atoms with Crippen LogP contribution in [-0.4, -0.2) is 99.5 Å². The minimum atomic E-state index is -1.46. The average molecular weight is 943 g/mol. The van der Waals surface area contributed by atoms with Gasteiger partial charge in [-0.2, -0.15) is 0 Å². The van der Waals surface area contributed by atoms with Crippen molar-refractivity contribution in [2.45, 2.75) is 76.8 Å². The number of carbonyl (C=O) groups is 1. The van der Waals surface area contributed by atoms with E-state index in [0.717, 1.165) is 45.4 Å². The van der Waals surface area contributed by atoms with Crippen LogP contribution in [0.15, 0.2) is 67.0 Å². The summed E-state index contributed by atoms with van der Waals surface area (Å²) in [6.07, 6.45) is 3.45. The van der Waals surface area contributed by atoms with Gasteiger partial charge >= 0.3 is 5.97 Å². The topological polar surface area (TPSA) is 140 Å². The molecule has 2 atom stereocenters. The fourth-order valence-corrected chi connectivity index (χ4v) is 10.7. The third-order valence-electron chi connectivity index (χ3n) is 12.7. The Bertz CT molecular complexity index is 2700. The van der Waals surface area contributed by atoms with E-state index in [-0.39, 0.29) is 25.5 Å². The van der Waals surface area contributed by atoms with E-state index in [0.29, 0.717) is 107 Å². The molecular formula is C49H50Cl2FN5O7S. The summed E-state index contributed by atoms with van der Waals surface area (Å²) in [6, 6.07) is 17.0. The Morgan fingerprint density at radius 1 is 0.954 bits per heavy atom. The second kappa shape index (κ2) is 19.0. The third kappa shape index (κ3) is 9.47. The Kier molecular flexibility index (Phi) is 13.2. The van der Waals surface area contributed by atoms with Gasteiger partial charge in [0, 0.05) is 55.1 Å². The number of carboxylic acids is 1. The Morgan fingerprint density at radius 2 is 1.69 bits per heavy atom. The molecule has 340 valence electrons. The Labute approximate surface area is 390 Å². The van der Waals surface area contributed by atoms with Crippen LogP contribution in [0.1, 0.15) is 60.2 Å². The maximum absolute atomic E-state index is 14.4. The molecule has 4 aliphatic rings. The standard InChI is InChI=1S/C49H50Cl2FN5O7S/c1-28-39-29(2)43(51)44(42(28)50)63-35(24-57-20-18-56(3)19-21-57)26-61-34-14-15-36(62-25-33-8-7-9-38(55-33)49(60)16-5-4-6-17-49)31(22-34)23-37(48(58)59)64-46-41-40(39)45(65-47(41)54-27-53-46)30-10-12-32(52)13-11-30/h7-15,22,27,35,37,60H,4-6,16-21,23-26H2,1-3H3,(H,58,59)/t35-,37-/m1/s1. The molecule has 3 aromatic heterocycles. The summed E-state index contributed by atoms with van der Waals surface area (Å²) in [5.74, 6) is -0.419. The number of pyridine rings is 1. The number of carboxylic acid groups (broad SMARTS) is 1. The zero-order chi connectivity index (χ0) is 45.4. The molecule has 0 spiro atoms. The number of nitrogens with zero attached hydrogens (tertiary/aromatic N) is 5. The molecule has 1 saturated heterocycles. The number of thiophene rings is 1. The van der Waals surface area contributed by atoms with Crippen LogP contribution in [0, 0.1) is 19.7 Å². The zero-order valence-electron chi connectivity index (χ0n) is 36.4. The summed E-state index contributed by atoms with van der Waals surface area (Å²) < 4.78 is 40.6.